The maximum Gasteiger partial charge on any atom is 0.159 e. The summed E-state index contributed by atoms with van der Waals surface area (Å²) in [4.78, 5) is 12.8. The van der Waals surface area contributed by atoms with Crippen LogP contribution in [0.15, 0.2) is 36.8 Å². The summed E-state index contributed by atoms with van der Waals surface area (Å²) >= 11 is 0. The number of anilines is 1. The number of aliphatic hydroxyl groups excluding tert-OH is 1. The van der Waals surface area contributed by atoms with E-state index in [0.717, 1.165) is 50.4 Å². The summed E-state index contributed by atoms with van der Waals surface area (Å²) in [6.45, 7) is 4.24. The zero-order valence-electron chi connectivity index (χ0n) is 15.2. The third kappa shape index (κ3) is 3.66. The van der Waals surface area contributed by atoms with E-state index in [4.69, 9.17) is 0 Å². The first-order chi connectivity index (χ1) is 13.1. The normalized spacial score (nSPS) is 22.5. The predicted molar refractivity (Wildman–Crippen MR) is 98.1 cm³/mol. The molecule has 2 aliphatic rings. The summed E-state index contributed by atoms with van der Waals surface area (Å²) in [6, 6.07) is 6.02. The average molecular weight is 374 g/mol. The van der Waals surface area contributed by atoms with Crippen molar-refractivity contribution in [2.75, 3.05) is 37.7 Å². The van der Waals surface area contributed by atoms with E-state index < -0.39 is 11.6 Å². The molecule has 1 N–H and O–H groups in total. The summed E-state index contributed by atoms with van der Waals surface area (Å²) in [6.07, 6.45) is 5.25. The van der Waals surface area contributed by atoms with Gasteiger partial charge in [-0.2, -0.15) is 0 Å². The minimum atomic E-state index is -0.807. The Hall–Kier alpha value is -2.12. The molecule has 2 aromatic rings. The fraction of sp³-hybridized carbons (Fsp3) is 0.500. The molecule has 144 valence electrons. The molecule has 2 fully saturated rings. The molecule has 0 amide bonds. The largest absolute Gasteiger partial charge is 0.396 e. The maximum absolute atomic E-state index is 13.4. The molecular formula is C20H24F2N4O. The smallest absolute Gasteiger partial charge is 0.159 e. The van der Waals surface area contributed by atoms with Gasteiger partial charge in [0.25, 0.3) is 0 Å². The lowest BCUT2D eigenvalue weighted by Crippen LogP contribution is -2.44. The highest BCUT2D eigenvalue weighted by Gasteiger charge is 2.47. The molecule has 0 bridgehead atoms. The number of piperidine rings is 1. The van der Waals surface area contributed by atoms with Crippen molar-refractivity contribution >= 4 is 5.82 Å². The van der Waals surface area contributed by atoms with Crippen molar-refractivity contribution in [1.82, 2.24) is 14.9 Å². The highest BCUT2D eigenvalue weighted by molar-refractivity contribution is 5.39. The molecule has 27 heavy (non-hydrogen) atoms. The van der Waals surface area contributed by atoms with E-state index in [0.29, 0.717) is 6.54 Å². The second-order valence-corrected chi connectivity index (χ2v) is 7.71. The van der Waals surface area contributed by atoms with Gasteiger partial charge in [-0.15, -0.1) is 0 Å². The van der Waals surface area contributed by atoms with Crippen molar-refractivity contribution < 1.29 is 13.9 Å². The first-order valence-corrected chi connectivity index (χ1v) is 9.38. The minimum Gasteiger partial charge on any atom is -0.396 e. The van der Waals surface area contributed by atoms with Crippen molar-refractivity contribution in [2.45, 2.75) is 19.4 Å². The Morgan fingerprint density at radius 1 is 1.15 bits per heavy atom. The molecular weight excluding hydrogens is 350 g/mol. The van der Waals surface area contributed by atoms with E-state index in [9.17, 15) is 13.9 Å². The lowest BCUT2D eigenvalue weighted by atomic mass is 9.71. The zero-order valence-corrected chi connectivity index (χ0v) is 15.2. The Morgan fingerprint density at radius 3 is 2.63 bits per heavy atom. The van der Waals surface area contributed by atoms with Crippen LogP contribution < -0.4 is 4.90 Å². The van der Waals surface area contributed by atoms with Crippen LogP contribution in [0.5, 0.6) is 0 Å². The van der Waals surface area contributed by atoms with Gasteiger partial charge in [-0.05, 0) is 55.1 Å². The Balaban J connectivity index is 1.41. The Bertz CT molecular complexity index is 781. The number of hydrogen-bond acceptors (Lipinski definition) is 5. The minimum absolute atomic E-state index is 0.0737. The highest BCUT2D eigenvalue weighted by atomic mass is 19.2. The highest BCUT2D eigenvalue weighted by Crippen LogP contribution is 2.45. The SMILES string of the molecule is OCC1CN(c2ccncn2)CC12CCN(Cc1ccc(F)c(F)c1)CC2. The number of rotatable bonds is 4. The fourth-order valence-corrected chi connectivity index (χ4v) is 4.55. The van der Waals surface area contributed by atoms with E-state index in [-0.39, 0.29) is 17.9 Å². The molecule has 2 aliphatic heterocycles. The molecule has 2 saturated heterocycles. The van der Waals surface area contributed by atoms with Crippen LogP contribution in [0.2, 0.25) is 0 Å². The third-order valence-corrected chi connectivity index (χ3v) is 6.17. The van der Waals surface area contributed by atoms with Crippen LogP contribution in [0.3, 0.4) is 0 Å². The Labute approximate surface area is 157 Å². The van der Waals surface area contributed by atoms with Gasteiger partial charge in [0, 0.05) is 38.4 Å². The molecule has 3 heterocycles. The molecule has 4 rings (SSSR count). The first-order valence-electron chi connectivity index (χ1n) is 9.38. The van der Waals surface area contributed by atoms with Crippen LogP contribution in [0.1, 0.15) is 18.4 Å². The van der Waals surface area contributed by atoms with Crippen molar-refractivity contribution in [1.29, 1.82) is 0 Å². The number of likely N-dealkylation sites (tertiary alicyclic amines) is 1. The van der Waals surface area contributed by atoms with Gasteiger partial charge < -0.3 is 10.0 Å². The molecule has 1 aromatic carbocycles. The van der Waals surface area contributed by atoms with Crippen LogP contribution in [-0.2, 0) is 6.54 Å². The molecule has 1 spiro atoms. The van der Waals surface area contributed by atoms with Crippen LogP contribution in [0.4, 0.5) is 14.6 Å². The number of aromatic nitrogens is 2. The lowest BCUT2D eigenvalue weighted by Gasteiger charge is -2.42. The van der Waals surface area contributed by atoms with Gasteiger partial charge in [0.1, 0.15) is 12.1 Å². The molecule has 0 aliphatic carbocycles. The summed E-state index contributed by atoms with van der Waals surface area (Å²) in [5.41, 5.74) is 0.863. The van der Waals surface area contributed by atoms with E-state index in [1.807, 2.05) is 6.07 Å². The van der Waals surface area contributed by atoms with Gasteiger partial charge >= 0.3 is 0 Å². The maximum atomic E-state index is 13.4. The van der Waals surface area contributed by atoms with Crippen LogP contribution in [0, 0.1) is 23.0 Å². The molecule has 0 saturated carbocycles. The summed E-state index contributed by atoms with van der Waals surface area (Å²) < 4.78 is 26.5. The monoisotopic (exact) mass is 374 g/mol. The van der Waals surface area contributed by atoms with E-state index in [1.165, 1.54) is 12.1 Å². The second kappa shape index (κ2) is 7.48. The van der Waals surface area contributed by atoms with Crippen LogP contribution >= 0.6 is 0 Å². The quantitative estimate of drug-likeness (QED) is 0.891. The van der Waals surface area contributed by atoms with Crippen molar-refractivity contribution in [3.63, 3.8) is 0 Å². The van der Waals surface area contributed by atoms with E-state index in [1.54, 1.807) is 18.6 Å². The zero-order chi connectivity index (χ0) is 18.9. The van der Waals surface area contributed by atoms with Crippen LogP contribution in [-0.4, -0.2) is 52.8 Å². The number of nitrogens with zero attached hydrogens (tertiary/aromatic N) is 4. The number of hydrogen-bond donors (Lipinski definition) is 1. The van der Waals surface area contributed by atoms with Crippen molar-refractivity contribution in [3.8, 4) is 0 Å². The molecule has 0 radical (unpaired) electrons. The van der Waals surface area contributed by atoms with E-state index in [2.05, 4.69) is 19.8 Å². The number of benzene rings is 1. The molecule has 1 atom stereocenters. The predicted octanol–water partition coefficient (Wildman–Crippen LogP) is 2.47. The Morgan fingerprint density at radius 2 is 1.96 bits per heavy atom. The molecule has 1 aromatic heterocycles. The van der Waals surface area contributed by atoms with Gasteiger partial charge in [0.05, 0.1) is 0 Å². The summed E-state index contributed by atoms with van der Waals surface area (Å²) in [5.74, 6) is -0.474. The van der Waals surface area contributed by atoms with Gasteiger partial charge in [0.15, 0.2) is 11.6 Å². The fourth-order valence-electron chi connectivity index (χ4n) is 4.55. The first kappa shape index (κ1) is 18.3. The van der Waals surface area contributed by atoms with Gasteiger partial charge in [-0.1, -0.05) is 6.07 Å². The Kier molecular flexibility index (Phi) is 5.06. The summed E-state index contributed by atoms with van der Waals surface area (Å²) in [5, 5.41) is 9.96. The lowest BCUT2D eigenvalue weighted by molar-refractivity contribution is 0.0506. The topological polar surface area (TPSA) is 52.5 Å². The molecule has 5 nitrogen and oxygen atoms in total. The third-order valence-electron chi connectivity index (χ3n) is 6.17. The van der Waals surface area contributed by atoms with Gasteiger partial charge in [-0.3, -0.25) is 4.90 Å². The number of halogens is 2. The van der Waals surface area contributed by atoms with Crippen molar-refractivity contribution in [3.05, 3.63) is 54.0 Å². The van der Waals surface area contributed by atoms with E-state index >= 15 is 0 Å². The average Bonchev–Trinajstić information content (AvgIpc) is 3.06. The second-order valence-electron chi connectivity index (χ2n) is 7.71. The standard InChI is InChI=1S/C20H24F2N4O/c21-17-2-1-15(9-18(17)22)10-25-7-4-20(5-8-25)13-26(11-16(20)12-27)19-3-6-23-14-24-19/h1-3,6,9,14,16,27H,4-5,7-8,10-13H2. The van der Waals surface area contributed by atoms with Crippen molar-refractivity contribution in [2.24, 2.45) is 11.3 Å². The summed E-state index contributed by atoms with van der Waals surface area (Å²) in [7, 11) is 0. The van der Waals surface area contributed by atoms with Gasteiger partial charge in [0.2, 0.25) is 0 Å². The van der Waals surface area contributed by atoms with Gasteiger partial charge in [-0.25, -0.2) is 18.7 Å². The molecule has 1 unspecified atom stereocenters. The van der Waals surface area contributed by atoms with Crippen LogP contribution in [0.25, 0.3) is 0 Å². The number of aliphatic hydroxyl groups is 1. The molecule has 7 heteroatoms.